The summed E-state index contributed by atoms with van der Waals surface area (Å²) in [6.45, 7) is 5.04. The third-order valence-electron chi connectivity index (χ3n) is 4.59. The van der Waals surface area contributed by atoms with Crippen molar-refractivity contribution in [2.24, 2.45) is 17.6 Å². The number of hydrogen-bond acceptors (Lipinski definition) is 3. The van der Waals surface area contributed by atoms with Gasteiger partial charge in [-0.15, -0.1) is 12.4 Å². The Kier molecular flexibility index (Phi) is 6.82. The van der Waals surface area contributed by atoms with Crippen molar-refractivity contribution in [2.45, 2.75) is 25.7 Å². The first kappa shape index (κ1) is 17.9. The van der Waals surface area contributed by atoms with Gasteiger partial charge < -0.3 is 15.4 Å². The summed E-state index contributed by atoms with van der Waals surface area (Å²) in [5.74, 6) is 2.27. The summed E-state index contributed by atoms with van der Waals surface area (Å²) in [6, 6.07) is 6.22. The van der Waals surface area contributed by atoms with E-state index in [4.69, 9.17) is 22.1 Å². The van der Waals surface area contributed by atoms with Crippen LogP contribution in [0.2, 0.25) is 5.02 Å². The highest BCUT2D eigenvalue weighted by Crippen LogP contribution is 2.32. The lowest BCUT2D eigenvalue weighted by molar-refractivity contribution is 0.299. The molecule has 0 bridgehead atoms. The molecule has 0 amide bonds. The highest BCUT2D eigenvalue weighted by atomic mass is 35.5. The molecule has 1 atom stereocenters. The van der Waals surface area contributed by atoms with Gasteiger partial charge in [-0.3, -0.25) is 0 Å². The maximum Gasteiger partial charge on any atom is 0.137 e. The molecule has 1 aliphatic heterocycles. The molecule has 1 aromatic carbocycles. The first-order valence-corrected chi connectivity index (χ1v) is 8.46. The highest BCUT2D eigenvalue weighted by molar-refractivity contribution is 6.32. The van der Waals surface area contributed by atoms with Gasteiger partial charge in [-0.25, -0.2) is 0 Å². The number of nitrogens with two attached hydrogens (primary N) is 1. The third-order valence-corrected chi connectivity index (χ3v) is 4.88. The minimum atomic E-state index is 0. The van der Waals surface area contributed by atoms with Gasteiger partial charge in [0.05, 0.1) is 11.6 Å². The van der Waals surface area contributed by atoms with E-state index in [1.807, 2.05) is 6.07 Å². The molecule has 1 heterocycles. The van der Waals surface area contributed by atoms with Crippen LogP contribution in [0, 0.1) is 11.8 Å². The van der Waals surface area contributed by atoms with Gasteiger partial charge >= 0.3 is 0 Å². The summed E-state index contributed by atoms with van der Waals surface area (Å²) < 4.78 is 5.77. The molecule has 5 heteroatoms. The number of likely N-dealkylation sites (tertiary alicyclic amines) is 1. The fourth-order valence-corrected chi connectivity index (χ4v) is 3.16. The zero-order chi connectivity index (χ0) is 14.7. The largest absolute Gasteiger partial charge is 0.492 e. The molecule has 2 fully saturated rings. The average molecular weight is 345 g/mol. The van der Waals surface area contributed by atoms with Crippen molar-refractivity contribution in [1.29, 1.82) is 0 Å². The van der Waals surface area contributed by atoms with Crippen molar-refractivity contribution in [2.75, 3.05) is 32.8 Å². The van der Waals surface area contributed by atoms with Gasteiger partial charge in [-0.05, 0) is 68.3 Å². The van der Waals surface area contributed by atoms with Gasteiger partial charge in [-0.1, -0.05) is 17.7 Å². The monoisotopic (exact) mass is 344 g/mol. The quantitative estimate of drug-likeness (QED) is 0.823. The number of ether oxygens (including phenoxy) is 1. The zero-order valence-electron chi connectivity index (χ0n) is 13.0. The first-order chi connectivity index (χ1) is 10.2. The molecule has 1 saturated heterocycles. The molecule has 1 aromatic rings. The Labute approximate surface area is 144 Å². The van der Waals surface area contributed by atoms with Gasteiger partial charge in [0.15, 0.2) is 0 Å². The van der Waals surface area contributed by atoms with E-state index in [1.165, 1.54) is 31.4 Å². The normalized spacial score (nSPS) is 21.6. The van der Waals surface area contributed by atoms with Crippen molar-refractivity contribution in [1.82, 2.24) is 4.90 Å². The molecule has 2 N–H and O–H groups in total. The number of rotatable bonds is 7. The van der Waals surface area contributed by atoms with Crippen molar-refractivity contribution < 1.29 is 4.74 Å². The summed E-state index contributed by atoms with van der Waals surface area (Å²) >= 11 is 6.32. The Morgan fingerprint density at radius 3 is 2.68 bits per heavy atom. The Morgan fingerprint density at radius 2 is 2.05 bits per heavy atom. The Bertz CT molecular complexity index is 480. The molecule has 2 aliphatic rings. The van der Waals surface area contributed by atoms with Gasteiger partial charge in [0.25, 0.3) is 0 Å². The van der Waals surface area contributed by atoms with Crippen LogP contribution in [0.15, 0.2) is 18.2 Å². The minimum absolute atomic E-state index is 0. The summed E-state index contributed by atoms with van der Waals surface area (Å²) in [5, 5.41) is 0.745. The lowest BCUT2D eigenvalue weighted by Crippen LogP contribution is -2.25. The van der Waals surface area contributed by atoms with E-state index in [1.54, 1.807) is 0 Å². The summed E-state index contributed by atoms with van der Waals surface area (Å²) in [7, 11) is 0. The maximum absolute atomic E-state index is 6.32. The van der Waals surface area contributed by atoms with Gasteiger partial charge in [0.1, 0.15) is 5.75 Å². The number of benzene rings is 1. The van der Waals surface area contributed by atoms with Crippen LogP contribution in [0.4, 0.5) is 0 Å². The van der Waals surface area contributed by atoms with E-state index < -0.39 is 0 Å². The topological polar surface area (TPSA) is 38.5 Å². The zero-order valence-corrected chi connectivity index (χ0v) is 14.5. The van der Waals surface area contributed by atoms with E-state index in [2.05, 4.69) is 17.0 Å². The first-order valence-electron chi connectivity index (χ1n) is 8.08. The molecule has 0 unspecified atom stereocenters. The molecule has 1 aliphatic carbocycles. The SMILES string of the molecule is Cl.NC[C@@H]1CCN(CCc2ccc(OCC3CC3)c(Cl)c2)C1. The Morgan fingerprint density at radius 1 is 1.23 bits per heavy atom. The van der Waals surface area contributed by atoms with Gasteiger partial charge in [0, 0.05) is 13.1 Å². The molecular formula is C17H26Cl2N2O. The predicted octanol–water partition coefficient (Wildman–Crippen LogP) is 3.37. The lowest BCUT2D eigenvalue weighted by atomic mass is 10.1. The Balaban J connectivity index is 0.00000176. The van der Waals surface area contributed by atoms with Crippen LogP contribution in [0.3, 0.4) is 0 Å². The van der Waals surface area contributed by atoms with Crippen LogP contribution in [0.5, 0.6) is 5.75 Å². The molecule has 0 radical (unpaired) electrons. The summed E-state index contributed by atoms with van der Waals surface area (Å²) in [6.07, 6.45) is 4.88. The fraction of sp³-hybridized carbons (Fsp3) is 0.647. The lowest BCUT2D eigenvalue weighted by Gasteiger charge is -2.16. The maximum atomic E-state index is 6.32. The summed E-state index contributed by atoms with van der Waals surface area (Å²) in [5.41, 5.74) is 7.02. The number of nitrogens with zero attached hydrogens (tertiary/aromatic N) is 1. The van der Waals surface area contributed by atoms with Crippen LogP contribution in [-0.2, 0) is 6.42 Å². The molecule has 3 rings (SSSR count). The Hall–Kier alpha value is -0.480. The molecule has 22 heavy (non-hydrogen) atoms. The smallest absolute Gasteiger partial charge is 0.137 e. The van der Waals surface area contributed by atoms with Crippen molar-refractivity contribution in [3.8, 4) is 5.75 Å². The van der Waals surface area contributed by atoms with Crippen LogP contribution in [-0.4, -0.2) is 37.7 Å². The standard InChI is InChI=1S/C17H25ClN2O.ClH/c18-16-9-13(3-4-17(16)21-12-14-1-2-14)5-7-20-8-6-15(10-19)11-20;/h3-4,9,14-15H,1-2,5-8,10-12,19H2;1H/t15-;/m0./s1. The number of halogens is 2. The van der Waals surface area contributed by atoms with E-state index in [0.29, 0.717) is 5.92 Å². The van der Waals surface area contributed by atoms with Crippen LogP contribution < -0.4 is 10.5 Å². The van der Waals surface area contributed by atoms with Crippen LogP contribution in [0.1, 0.15) is 24.8 Å². The molecule has 3 nitrogen and oxygen atoms in total. The predicted molar refractivity (Wildman–Crippen MR) is 94.2 cm³/mol. The van der Waals surface area contributed by atoms with Crippen LogP contribution in [0.25, 0.3) is 0 Å². The highest BCUT2D eigenvalue weighted by Gasteiger charge is 2.22. The third kappa shape index (κ3) is 5.02. The molecule has 1 saturated carbocycles. The van der Waals surface area contributed by atoms with Gasteiger partial charge in [-0.2, -0.15) is 0 Å². The van der Waals surface area contributed by atoms with Crippen molar-refractivity contribution >= 4 is 24.0 Å². The van der Waals surface area contributed by atoms with Crippen molar-refractivity contribution in [3.63, 3.8) is 0 Å². The fourth-order valence-electron chi connectivity index (χ4n) is 2.90. The van der Waals surface area contributed by atoms with Crippen LogP contribution >= 0.6 is 24.0 Å². The van der Waals surface area contributed by atoms with E-state index in [-0.39, 0.29) is 12.4 Å². The molecule has 0 spiro atoms. The second-order valence-corrected chi connectivity index (χ2v) is 6.87. The van der Waals surface area contributed by atoms with Gasteiger partial charge in [0.2, 0.25) is 0 Å². The van der Waals surface area contributed by atoms with E-state index >= 15 is 0 Å². The second kappa shape index (κ2) is 8.39. The second-order valence-electron chi connectivity index (χ2n) is 6.46. The molecule has 0 aromatic heterocycles. The van der Waals surface area contributed by atoms with E-state index in [0.717, 1.165) is 49.4 Å². The minimum Gasteiger partial charge on any atom is -0.492 e. The average Bonchev–Trinajstić information content (AvgIpc) is 3.20. The van der Waals surface area contributed by atoms with E-state index in [9.17, 15) is 0 Å². The number of hydrogen-bond donors (Lipinski definition) is 1. The summed E-state index contributed by atoms with van der Waals surface area (Å²) in [4.78, 5) is 2.50. The molecular weight excluding hydrogens is 319 g/mol. The molecule has 124 valence electrons. The van der Waals surface area contributed by atoms with Crippen molar-refractivity contribution in [3.05, 3.63) is 28.8 Å².